The molecule has 0 saturated carbocycles. The first-order valence-corrected chi connectivity index (χ1v) is 7.43. The second kappa shape index (κ2) is 5.54. The monoisotopic (exact) mass is 279 g/mol. The number of nitrogens with zero attached hydrogens (tertiary/aromatic N) is 1. The molecule has 2 rings (SSSR count). The number of alkyl halides is 1. The Morgan fingerprint density at radius 2 is 1.95 bits per heavy atom. The van der Waals surface area contributed by atoms with E-state index >= 15 is 0 Å². The van der Waals surface area contributed by atoms with Crippen molar-refractivity contribution in [3.63, 3.8) is 0 Å². The van der Waals surface area contributed by atoms with Crippen molar-refractivity contribution in [2.24, 2.45) is 0 Å². The zero-order valence-corrected chi connectivity index (χ0v) is 12.7. The minimum absolute atomic E-state index is 0.0454. The first-order valence-electron chi connectivity index (χ1n) is 6.89. The molecule has 0 aromatic heterocycles. The van der Waals surface area contributed by atoms with Gasteiger partial charge in [-0.15, -0.1) is 11.6 Å². The van der Waals surface area contributed by atoms with Gasteiger partial charge in [-0.3, -0.25) is 4.79 Å². The van der Waals surface area contributed by atoms with Crippen molar-refractivity contribution in [3.8, 4) is 0 Å². The van der Waals surface area contributed by atoms with E-state index in [1.807, 2.05) is 4.90 Å². The summed E-state index contributed by atoms with van der Waals surface area (Å²) in [5, 5.41) is 0. The number of carbonyl (C=O) groups is 1. The van der Waals surface area contributed by atoms with Crippen molar-refractivity contribution in [1.29, 1.82) is 0 Å². The minimum atomic E-state index is 0.0454. The molecule has 3 heteroatoms. The first kappa shape index (κ1) is 14.4. The van der Waals surface area contributed by atoms with Crippen molar-refractivity contribution >= 4 is 17.5 Å². The van der Waals surface area contributed by atoms with Crippen molar-refractivity contribution in [3.05, 3.63) is 35.4 Å². The predicted octanol–water partition coefficient (Wildman–Crippen LogP) is 3.89. The van der Waals surface area contributed by atoms with Crippen LogP contribution in [0.15, 0.2) is 24.3 Å². The number of carbonyl (C=O) groups excluding carboxylic acids is 1. The highest BCUT2D eigenvalue weighted by Crippen LogP contribution is 2.33. The molecule has 2 nitrogen and oxygen atoms in total. The largest absolute Gasteiger partial charge is 0.335 e. The lowest BCUT2D eigenvalue weighted by Gasteiger charge is -2.25. The molecule has 0 bridgehead atoms. The molecule has 1 saturated heterocycles. The summed E-state index contributed by atoms with van der Waals surface area (Å²) in [4.78, 5) is 13.7. The van der Waals surface area contributed by atoms with Crippen LogP contribution in [0.5, 0.6) is 0 Å². The fraction of sp³-hybridized carbons (Fsp3) is 0.562. The summed E-state index contributed by atoms with van der Waals surface area (Å²) in [5.41, 5.74) is 2.72. The van der Waals surface area contributed by atoms with Gasteiger partial charge in [0.2, 0.25) is 5.91 Å². The summed E-state index contributed by atoms with van der Waals surface area (Å²) in [5.74, 6) is 0.125. The molecule has 1 aliphatic heterocycles. The Morgan fingerprint density at radius 3 is 2.47 bits per heavy atom. The Labute approximate surface area is 120 Å². The van der Waals surface area contributed by atoms with Gasteiger partial charge in [-0.1, -0.05) is 45.0 Å². The normalized spacial score (nSPS) is 19.8. The number of halogens is 1. The predicted molar refractivity (Wildman–Crippen MR) is 79.6 cm³/mol. The van der Waals surface area contributed by atoms with Crippen LogP contribution in [0, 0.1) is 0 Å². The van der Waals surface area contributed by atoms with Crippen molar-refractivity contribution in [1.82, 2.24) is 4.90 Å². The molecule has 0 aliphatic carbocycles. The zero-order valence-electron chi connectivity index (χ0n) is 11.9. The molecule has 1 aromatic carbocycles. The number of rotatable bonds is 2. The van der Waals surface area contributed by atoms with Crippen LogP contribution in [0.1, 0.15) is 50.8 Å². The van der Waals surface area contributed by atoms with E-state index in [1.54, 1.807) is 0 Å². The van der Waals surface area contributed by atoms with Gasteiger partial charge in [0.25, 0.3) is 0 Å². The first-order chi connectivity index (χ1) is 8.93. The van der Waals surface area contributed by atoms with Gasteiger partial charge >= 0.3 is 0 Å². The second-order valence-electron chi connectivity index (χ2n) is 6.25. The fourth-order valence-electron chi connectivity index (χ4n) is 2.69. The topological polar surface area (TPSA) is 20.3 Å². The number of hydrogen-bond acceptors (Lipinski definition) is 1. The van der Waals surface area contributed by atoms with Gasteiger partial charge in [-0.05, 0) is 29.4 Å². The molecule has 1 aliphatic rings. The molecule has 0 unspecified atom stereocenters. The van der Waals surface area contributed by atoms with Crippen molar-refractivity contribution < 1.29 is 4.79 Å². The summed E-state index contributed by atoms with van der Waals surface area (Å²) in [7, 11) is 0. The molecule has 104 valence electrons. The number of benzene rings is 1. The van der Waals surface area contributed by atoms with E-state index in [2.05, 4.69) is 45.0 Å². The smallest absolute Gasteiger partial charge is 0.238 e. The van der Waals surface area contributed by atoms with E-state index in [1.165, 1.54) is 11.1 Å². The lowest BCUT2D eigenvalue weighted by molar-refractivity contribution is -0.129. The highest BCUT2D eigenvalue weighted by Gasteiger charge is 2.29. The van der Waals surface area contributed by atoms with Crippen molar-refractivity contribution in [2.75, 3.05) is 12.4 Å². The molecule has 19 heavy (non-hydrogen) atoms. The molecule has 1 atom stereocenters. The van der Waals surface area contributed by atoms with Gasteiger partial charge in [0.1, 0.15) is 5.88 Å². The Hall–Kier alpha value is -1.02. The third-order valence-corrected chi connectivity index (χ3v) is 4.08. The van der Waals surface area contributed by atoms with E-state index < -0.39 is 0 Å². The van der Waals surface area contributed by atoms with E-state index in [9.17, 15) is 4.79 Å². The lowest BCUT2D eigenvalue weighted by Crippen LogP contribution is -2.31. The number of amides is 1. The highest BCUT2D eigenvalue weighted by molar-refractivity contribution is 6.27. The van der Waals surface area contributed by atoms with Crippen LogP contribution in [0.3, 0.4) is 0 Å². The molecule has 0 radical (unpaired) electrons. The van der Waals surface area contributed by atoms with Gasteiger partial charge in [0, 0.05) is 6.54 Å². The van der Waals surface area contributed by atoms with Crippen LogP contribution in [0.4, 0.5) is 0 Å². The molecule has 1 aromatic rings. The van der Waals surface area contributed by atoms with Crippen LogP contribution in [-0.2, 0) is 10.2 Å². The average Bonchev–Trinajstić information content (AvgIpc) is 2.86. The fourth-order valence-corrected chi connectivity index (χ4v) is 2.85. The van der Waals surface area contributed by atoms with Crippen LogP contribution in [0.2, 0.25) is 0 Å². The molecular weight excluding hydrogens is 258 g/mol. The van der Waals surface area contributed by atoms with E-state index in [0.717, 1.165) is 19.4 Å². The molecule has 1 fully saturated rings. The molecule has 0 N–H and O–H groups in total. The molecule has 1 heterocycles. The maximum Gasteiger partial charge on any atom is 0.238 e. The number of hydrogen-bond donors (Lipinski definition) is 0. The Balaban J connectivity index is 2.20. The quantitative estimate of drug-likeness (QED) is 0.752. The summed E-state index contributed by atoms with van der Waals surface area (Å²) >= 11 is 5.68. The summed E-state index contributed by atoms with van der Waals surface area (Å²) in [6.45, 7) is 7.46. The van der Waals surface area contributed by atoms with Crippen LogP contribution in [0.25, 0.3) is 0 Å². The van der Waals surface area contributed by atoms with E-state index in [4.69, 9.17) is 11.6 Å². The van der Waals surface area contributed by atoms with Gasteiger partial charge in [0.05, 0.1) is 6.04 Å². The summed E-state index contributed by atoms with van der Waals surface area (Å²) < 4.78 is 0. The standard InChI is InChI=1S/C16H22ClNO/c1-16(2,3)13-8-6-12(7-9-13)14-5-4-10-18(14)15(19)11-17/h6-9,14H,4-5,10-11H2,1-3H3/t14-/m0/s1. The maximum atomic E-state index is 11.8. The van der Waals surface area contributed by atoms with Crippen molar-refractivity contribution in [2.45, 2.75) is 45.1 Å². The second-order valence-corrected chi connectivity index (χ2v) is 6.52. The number of likely N-dealkylation sites (tertiary alicyclic amines) is 1. The van der Waals surface area contributed by atoms with E-state index in [-0.39, 0.29) is 23.2 Å². The Morgan fingerprint density at radius 1 is 1.32 bits per heavy atom. The Bertz CT molecular complexity index is 447. The van der Waals surface area contributed by atoms with Crippen LogP contribution in [-0.4, -0.2) is 23.2 Å². The molecular formula is C16H22ClNO. The van der Waals surface area contributed by atoms with Gasteiger partial charge in [0.15, 0.2) is 0 Å². The SMILES string of the molecule is CC(C)(C)c1ccc([C@@H]2CCCN2C(=O)CCl)cc1. The van der Waals surface area contributed by atoms with Gasteiger partial charge in [-0.25, -0.2) is 0 Å². The average molecular weight is 280 g/mol. The molecule has 0 spiro atoms. The summed E-state index contributed by atoms with van der Waals surface area (Å²) in [6.07, 6.45) is 2.10. The molecule has 1 amide bonds. The van der Waals surface area contributed by atoms with E-state index in [0.29, 0.717) is 0 Å². The third kappa shape index (κ3) is 3.11. The highest BCUT2D eigenvalue weighted by atomic mass is 35.5. The Kier molecular flexibility index (Phi) is 4.19. The van der Waals surface area contributed by atoms with Gasteiger partial charge < -0.3 is 4.90 Å². The van der Waals surface area contributed by atoms with Gasteiger partial charge in [-0.2, -0.15) is 0 Å². The van der Waals surface area contributed by atoms with Crippen LogP contribution >= 0.6 is 11.6 Å². The zero-order chi connectivity index (χ0) is 14.0. The summed E-state index contributed by atoms with van der Waals surface area (Å²) in [6, 6.07) is 8.88. The maximum absolute atomic E-state index is 11.8. The third-order valence-electron chi connectivity index (χ3n) is 3.85. The minimum Gasteiger partial charge on any atom is -0.335 e. The lowest BCUT2D eigenvalue weighted by atomic mass is 9.86. The van der Waals surface area contributed by atoms with Crippen LogP contribution < -0.4 is 0 Å².